The summed E-state index contributed by atoms with van der Waals surface area (Å²) in [5, 5.41) is 22.7. The predicted molar refractivity (Wildman–Crippen MR) is 114 cm³/mol. The number of amides is 2. The number of carbonyl (C=O) groups is 2. The molecule has 0 bridgehead atoms. The van der Waals surface area contributed by atoms with E-state index in [0.29, 0.717) is 16.0 Å². The lowest BCUT2D eigenvalue weighted by Crippen LogP contribution is -2.43. The molecule has 1 aliphatic rings. The Labute approximate surface area is 204 Å². The van der Waals surface area contributed by atoms with Crippen LogP contribution >= 0.6 is 0 Å². The maximum Gasteiger partial charge on any atom is 0.471 e. The molecule has 0 saturated heterocycles. The van der Waals surface area contributed by atoms with Crippen molar-refractivity contribution in [2.75, 3.05) is 13.1 Å². The van der Waals surface area contributed by atoms with Gasteiger partial charge in [-0.1, -0.05) is 18.2 Å². The number of non-ortho nitro benzene ring substituents is 2. The third-order valence-electron chi connectivity index (χ3n) is 5.05. The van der Waals surface area contributed by atoms with Gasteiger partial charge in [0.2, 0.25) is 0 Å². The number of nitrogens with one attached hydrogen (secondary N) is 1. The largest absolute Gasteiger partial charge is 0.471 e. The quantitative estimate of drug-likeness (QED) is 0.350. The molecule has 10 nitrogen and oxygen atoms in total. The molecule has 37 heavy (non-hydrogen) atoms. The fourth-order valence-corrected chi connectivity index (χ4v) is 3.21. The topological polar surface area (TPSA) is 136 Å². The zero-order chi connectivity index (χ0) is 28.0. The van der Waals surface area contributed by atoms with Gasteiger partial charge in [0.15, 0.2) is 0 Å². The lowest BCUT2D eigenvalue weighted by molar-refractivity contribution is -0.385. The van der Waals surface area contributed by atoms with Gasteiger partial charge < -0.3 is 10.2 Å². The van der Waals surface area contributed by atoms with E-state index in [1.54, 1.807) is 5.32 Å². The van der Waals surface area contributed by atoms with E-state index in [2.05, 4.69) is 0 Å². The number of rotatable bonds is 5. The number of nitro benzene ring substituents is 2. The van der Waals surface area contributed by atoms with Gasteiger partial charge in [-0.2, -0.15) is 26.3 Å². The minimum atomic E-state index is -4.92. The highest BCUT2D eigenvalue weighted by Gasteiger charge is 2.43. The molecule has 3 rings (SSSR count). The van der Waals surface area contributed by atoms with E-state index < -0.39 is 34.0 Å². The fourth-order valence-electron chi connectivity index (χ4n) is 3.21. The molecule has 0 aliphatic carbocycles. The van der Waals surface area contributed by atoms with Crippen molar-refractivity contribution in [3.63, 3.8) is 0 Å². The van der Waals surface area contributed by atoms with Crippen LogP contribution in [0, 0.1) is 20.2 Å². The molecule has 0 atom stereocenters. The maximum absolute atomic E-state index is 12.3. The Hall–Kier alpha value is -4.24. The standard InChI is InChI=1S/C11H9F3N2O3.C10H9F3N2O3/c12-11(13,14)10(17)15-4-3-7-1-2-9(16(18)19)5-8(7)6-15;11-10(12,13)9(16)14-6-5-7-1-3-8(4-2-7)15(17)18/h1-2,5H,3-4,6H2;1-4H,5-6H2,(H,14,16). The summed E-state index contributed by atoms with van der Waals surface area (Å²) in [5.41, 5.74) is 1.43. The molecule has 0 aromatic heterocycles. The molecular formula is C21H18F6N4O6. The first-order valence-corrected chi connectivity index (χ1v) is 10.3. The number of hydrogen-bond donors (Lipinski definition) is 1. The van der Waals surface area contributed by atoms with Gasteiger partial charge in [0.05, 0.1) is 9.85 Å². The summed E-state index contributed by atoms with van der Waals surface area (Å²) in [5.74, 6) is -3.91. The molecular weight excluding hydrogens is 518 g/mol. The molecule has 0 spiro atoms. The van der Waals surface area contributed by atoms with Crippen molar-refractivity contribution >= 4 is 23.2 Å². The van der Waals surface area contributed by atoms with Crippen LogP contribution in [0.2, 0.25) is 0 Å². The lowest BCUT2D eigenvalue weighted by Gasteiger charge is -2.29. The molecule has 0 saturated carbocycles. The van der Waals surface area contributed by atoms with E-state index in [1.165, 1.54) is 42.5 Å². The summed E-state index contributed by atoms with van der Waals surface area (Å²) in [6, 6.07) is 9.39. The van der Waals surface area contributed by atoms with Crippen LogP contribution in [0.25, 0.3) is 0 Å². The summed E-state index contributed by atoms with van der Waals surface area (Å²) in [6.45, 7) is -0.478. The molecule has 2 aromatic rings. The number of alkyl halides is 6. The summed E-state index contributed by atoms with van der Waals surface area (Å²) < 4.78 is 72.4. The summed E-state index contributed by atoms with van der Waals surface area (Å²) in [4.78, 5) is 42.0. The molecule has 0 unspecified atom stereocenters. The number of fused-ring (bicyclic) bond motifs is 1. The van der Waals surface area contributed by atoms with Crippen molar-refractivity contribution in [3.05, 3.63) is 79.4 Å². The van der Waals surface area contributed by atoms with E-state index in [4.69, 9.17) is 0 Å². The van der Waals surface area contributed by atoms with E-state index in [-0.39, 0.29) is 43.9 Å². The van der Waals surface area contributed by atoms with Crippen LogP contribution in [0.4, 0.5) is 37.7 Å². The Morgan fingerprint density at radius 3 is 1.95 bits per heavy atom. The van der Waals surface area contributed by atoms with Crippen molar-refractivity contribution in [2.24, 2.45) is 0 Å². The minimum absolute atomic E-state index is 0.0385. The van der Waals surface area contributed by atoms with Crippen LogP contribution in [-0.2, 0) is 29.0 Å². The summed E-state index contributed by atoms with van der Waals surface area (Å²) >= 11 is 0. The molecule has 200 valence electrons. The van der Waals surface area contributed by atoms with Crippen molar-refractivity contribution in [1.29, 1.82) is 0 Å². The average Bonchev–Trinajstić information content (AvgIpc) is 2.82. The Morgan fingerprint density at radius 1 is 0.865 bits per heavy atom. The minimum Gasteiger partial charge on any atom is -0.348 e. The second-order valence-corrected chi connectivity index (χ2v) is 7.61. The smallest absolute Gasteiger partial charge is 0.348 e. The number of carbonyl (C=O) groups excluding carboxylic acids is 2. The van der Waals surface area contributed by atoms with Gasteiger partial charge in [0.1, 0.15) is 0 Å². The highest BCUT2D eigenvalue weighted by Crippen LogP contribution is 2.27. The van der Waals surface area contributed by atoms with Crippen LogP contribution in [0.15, 0.2) is 42.5 Å². The van der Waals surface area contributed by atoms with Gasteiger partial charge in [0.25, 0.3) is 11.4 Å². The number of nitro groups is 2. The van der Waals surface area contributed by atoms with Gasteiger partial charge in [-0.05, 0) is 29.5 Å². The van der Waals surface area contributed by atoms with E-state index >= 15 is 0 Å². The first kappa shape index (κ1) is 29.0. The van der Waals surface area contributed by atoms with Crippen molar-refractivity contribution in [3.8, 4) is 0 Å². The lowest BCUT2D eigenvalue weighted by atomic mass is 9.99. The zero-order valence-electron chi connectivity index (χ0n) is 18.6. The van der Waals surface area contributed by atoms with Crippen molar-refractivity contribution in [1.82, 2.24) is 10.2 Å². The van der Waals surface area contributed by atoms with E-state index in [9.17, 15) is 56.2 Å². The van der Waals surface area contributed by atoms with Crippen molar-refractivity contribution < 1.29 is 45.8 Å². The van der Waals surface area contributed by atoms with Gasteiger partial charge in [0, 0.05) is 43.9 Å². The van der Waals surface area contributed by atoms with Crippen LogP contribution in [0.1, 0.15) is 16.7 Å². The molecule has 1 aliphatic heterocycles. The van der Waals surface area contributed by atoms with Gasteiger partial charge in [-0.25, -0.2) is 0 Å². The van der Waals surface area contributed by atoms with Gasteiger partial charge in [-0.3, -0.25) is 29.8 Å². The first-order valence-electron chi connectivity index (χ1n) is 10.3. The number of halogens is 6. The predicted octanol–water partition coefficient (Wildman–Crippen LogP) is 3.86. The second kappa shape index (κ2) is 11.7. The van der Waals surface area contributed by atoms with E-state index in [1.807, 2.05) is 0 Å². The molecule has 1 N–H and O–H groups in total. The Balaban J connectivity index is 0.000000261. The van der Waals surface area contributed by atoms with E-state index in [0.717, 1.165) is 5.56 Å². The molecule has 1 heterocycles. The van der Waals surface area contributed by atoms with Crippen LogP contribution in [0.5, 0.6) is 0 Å². The van der Waals surface area contributed by atoms with Gasteiger partial charge in [-0.15, -0.1) is 0 Å². The summed E-state index contributed by atoms with van der Waals surface area (Å²) in [6.07, 6.45) is -9.39. The Kier molecular flexibility index (Phi) is 9.14. The van der Waals surface area contributed by atoms with Crippen LogP contribution in [0.3, 0.4) is 0 Å². The van der Waals surface area contributed by atoms with Crippen LogP contribution in [-0.4, -0.2) is 52.0 Å². The first-order chi connectivity index (χ1) is 17.1. The molecule has 16 heteroatoms. The monoisotopic (exact) mass is 536 g/mol. The molecule has 2 aromatic carbocycles. The number of benzene rings is 2. The third-order valence-corrected chi connectivity index (χ3v) is 5.05. The normalized spacial score (nSPS) is 13.1. The molecule has 0 radical (unpaired) electrons. The SMILES string of the molecule is O=C(N1CCc2ccc([N+](=O)[O-])cc2C1)C(F)(F)F.O=C(NCCc1ccc([N+](=O)[O-])cc1)C(F)(F)F. The molecule has 0 fully saturated rings. The highest BCUT2D eigenvalue weighted by atomic mass is 19.4. The zero-order valence-corrected chi connectivity index (χ0v) is 18.6. The highest BCUT2D eigenvalue weighted by molar-refractivity contribution is 5.82. The molecule has 2 amide bonds. The third kappa shape index (κ3) is 8.43. The fraction of sp³-hybridized carbons (Fsp3) is 0.333. The second-order valence-electron chi connectivity index (χ2n) is 7.61. The maximum atomic E-state index is 12.3. The number of nitrogens with zero attached hydrogens (tertiary/aromatic N) is 3. The Bertz CT molecular complexity index is 1170. The van der Waals surface area contributed by atoms with Crippen LogP contribution < -0.4 is 5.32 Å². The van der Waals surface area contributed by atoms with Crippen molar-refractivity contribution in [2.45, 2.75) is 31.7 Å². The van der Waals surface area contributed by atoms with Gasteiger partial charge >= 0.3 is 24.2 Å². The number of hydrogen-bond acceptors (Lipinski definition) is 6. The Morgan fingerprint density at radius 2 is 1.43 bits per heavy atom. The average molecular weight is 536 g/mol. The summed E-state index contributed by atoms with van der Waals surface area (Å²) in [7, 11) is 0.